The highest BCUT2D eigenvalue weighted by atomic mass is 16.6. The molecular weight excluding hydrogens is 308 g/mol. The summed E-state index contributed by atoms with van der Waals surface area (Å²) in [6, 6.07) is 3.57. The molecule has 3 N–H and O–H groups in total. The molecule has 1 aliphatic rings. The lowest BCUT2D eigenvalue weighted by Crippen LogP contribution is -2.41. The quantitative estimate of drug-likeness (QED) is 0.809. The predicted molar refractivity (Wildman–Crippen MR) is 92.3 cm³/mol. The van der Waals surface area contributed by atoms with Crippen molar-refractivity contribution in [2.24, 2.45) is 0 Å². The van der Waals surface area contributed by atoms with E-state index in [9.17, 15) is 14.7 Å². The summed E-state index contributed by atoms with van der Waals surface area (Å²) in [5.74, 6) is -0.767. The largest absolute Gasteiger partial charge is 0.478 e. The molecule has 1 heterocycles. The van der Waals surface area contributed by atoms with Crippen molar-refractivity contribution in [2.45, 2.75) is 52.1 Å². The predicted octanol–water partition coefficient (Wildman–Crippen LogP) is 3.39. The minimum absolute atomic E-state index is 0.199. The molecule has 132 valence electrons. The molecule has 0 unspecified atom stereocenters. The Kier molecular flexibility index (Phi) is 5.06. The Bertz CT molecular complexity index is 641. The Morgan fingerprint density at radius 1 is 1.25 bits per heavy atom. The number of aromatic carboxylic acids is 1. The summed E-state index contributed by atoms with van der Waals surface area (Å²) in [5.41, 5.74) is 7.73. The van der Waals surface area contributed by atoms with Crippen LogP contribution in [0.2, 0.25) is 0 Å². The van der Waals surface area contributed by atoms with E-state index in [-0.39, 0.29) is 17.6 Å². The van der Waals surface area contributed by atoms with Crippen LogP contribution in [0.3, 0.4) is 0 Å². The van der Waals surface area contributed by atoms with E-state index in [0.29, 0.717) is 24.3 Å². The number of nitrogen functional groups attached to an aromatic ring is 1. The number of ether oxygens (including phenoxy) is 1. The average molecular weight is 334 g/mol. The highest BCUT2D eigenvalue weighted by molar-refractivity contribution is 5.91. The summed E-state index contributed by atoms with van der Waals surface area (Å²) in [6.45, 7) is 8.44. The first-order valence-corrected chi connectivity index (χ1v) is 8.19. The van der Waals surface area contributed by atoms with E-state index in [1.165, 1.54) is 0 Å². The van der Waals surface area contributed by atoms with Crippen molar-refractivity contribution < 1.29 is 19.4 Å². The van der Waals surface area contributed by atoms with E-state index in [0.717, 1.165) is 18.4 Å². The van der Waals surface area contributed by atoms with Crippen molar-refractivity contribution in [1.29, 1.82) is 0 Å². The maximum Gasteiger partial charge on any atom is 0.410 e. The number of nitrogens with two attached hydrogens (primary N) is 1. The third kappa shape index (κ3) is 4.19. The molecule has 0 bridgehead atoms. The van der Waals surface area contributed by atoms with Crippen LogP contribution >= 0.6 is 0 Å². The zero-order chi connectivity index (χ0) is 18.1. The Labute approximate surface area is 142 Å². The lowest BCUT2D eigenvalue weighted by atomic mass is 9.87. The van der Waals surface area contributed by atoms with Crippen LogP contribution in [0.1, 0.15) is 61.0 Å². The number of hydrogen-bond acceptors (Lipinski definition) is 4. The van der Waals surface area contributed by atoms with Crippen molar-refractivity contribution >= 4 is 17.7 Å². The van der Waals surface area contributed by atoms with Gasteiger partial charge in [-0.05, 0) is 69.7 Å². The van der Waals surface area contributed by atoms with Gasteiger partial charge in [-0.15, -0.1) is 0 Å². The van der Waals surface area contributed by atoms with Crippen molar-refractivity contribution in [2.75, 3.05) is 18.8 Å². The molecule has 1 aromatic carbocycles. The number of carboxylic acid groups (broad SMARTS) is 1. The number of carbonyl (C=O) groups is 2. The maximum atomic E-state index is 12.1. The fraction of sp³-hybridized carbons (Fsp3) is 0.556. The minimum Gasteiger partial charge on any atom is -0.478 e. The van der Waals surface area contributed by atoms with Gasteiger partial charge >= 0.3 is 12.1 Å². The van der Waals surface area contributed by atoms with Gasteiger partial charge in [0.15, 0.2) is 0 Å². The molecule has 0 radical (unpaired) electrons. The van der Waals surface area contributed by atoms with Gasteiger partial charge < -0.3 is 20.5 Å². The summed E-state index contributed by atoms with van der Waals surface area (Å²) in [7, 11) is 0. The van der Waals surface area contributed by atoms with Crippen LogP contribution in [-0.4, -0.2) is 40.8 Å². The van der Waals surface area contributed by atoms with E-state index < -0.39 is 11.6 Å². The zero-order valence-corrected chi connectivity index (χ0v) is 14.8. The topological polar surface area (TPSA) is 92.9 Å². The van der Waals surface area contributed by atoms with Crippen molar-refractivity contribution in [3.8, 4) is 0 Å². The SMILES string of the molecule is Cc1c(N)cc(C2CCN(C(=O)OC(C)(C)C)CC2)cc1C(=O)O. The Morgan fingerprint density at radius 2 is 1.83 bits per heavy atom. The van der Waals surface area contributed by atoms with Gasteiger partial charge in [0.25, 0.3) is 0 Å². The van der Waals surface area contributed by atoms with Crippen LogP contribution in [-0.2, 0) is 4.74 Å². The molecule has 6 heteroatoms. The fourth-order valence-corrected chi connectivity index (χ4v) is 2.94. The summed E-state index contributed by atoms with van der Waals surface area (Å²) in [5, 5.41) is 9.31. The molecule has 1 saturated heterocycles. The molecule has 1 amide bonds. The number of amides is 1. The van der Waals surface area contributed by atoms with Gasteiger partial charge in [0.05, 0.1) is 5.56 Å². The third-order valence-electron chi connectivity index (χ3n) is 4.32. The van der Waals surface area contributed by atoms with E-state index in [1.807, 2.05) is 26.8 Å². The van der Waals surface area contributed by atoms with E-state index in [2.05, 4.69) is 0 Å². The molecular formula is C18H26N2O4. The lowest BCUT2D eigenvalue weighted by Gasteiger charge is -2.33. The van der Waals surface area contributed by atoms with Crippen molar-refractivity contribution in [3.05, 3.63) is 28.8 Å². The standard InChI is InChI=1S/C18H26N2O4/c1-11-14(16(21)22)9-13(10-15(11)19)12-5-7-20(8-6-12)17(23)24-18(2,3)4/h9-10,12H,5-8,19H2,1-4H3,(H,21,22). The summed E-state index contributed by atoms with van der Waals surface area (Å²) in [4.78, 5) is 25.2. The third-order valence-corrected chi connectivity index (χ3v) is 4.32. The van der Waals surface area contributed by atoms with Crippen LogP contribution in [0.15, 0.2) is 12.1 Å². The Morgan fingerprint density at radius 3 is 2.33 bits per heavy atom. The summed E-state index contributed by atoms with van der Waals surface area (Å²) >= 11 is 0. The van der Waals surface area contributed by atoms with Crippen LogP contribution in [0.25, 0.3) is 0 Å². The molecule has 1 fully saturated rings. The number of benzene rings is 1. The van der Waals surface area contributed by atoms with Crippen LogP contribution < -0.4 is 5.73 Å². The zero-order valence-electron chi connectivity index (χ0n) is 14.8. The number of rotatable bonds is 2. The number of carboxylic acids is 1. The van der Waals surface area contributed by atoms with Crippen molar-refractivity contribution in [3.63, 3.8) is 0 Å². The first kappa shape index (κ1) is 18.1. The number of likely N-dealkylation sites (tertiary alicyclic amines) is 1. The molecule has 0 atom stereocenters. The van der Waals surface area contributed by atoms with Gasteiger partial charge in [0.2, 0.25) is 0 Å². The number of nitrogens with zero attached hydrogens (tertiary/aromatic N) is 1. The van der Waals surface area contributed by atoms with E-state index in [4.69, 9.17) is 10.5 Å². The van der Waals surface area contributed by atoms with Gasteiger partial charge in [-0.3, -0.25) is 0 Å². The lowest BCUT2D eigenvalue weighted by molar-refractivity contribution is 0.0204. The number of carbonyl (C=O) groups excluding carboxylic acids is 1. The average Bonchev–Trinajstić information content (AvgIpc) is 2.48. The highest BCUT2D eigenvalue weighted by Gasteiger charge is 2.28. The number of hydrogen-bond donors (Lipinski definition) is 2. The first-order valence-electron chi connectivity index (χ1n) is 8.19. The maximum absolute atomic E-state index is 12.1. The molecule has 1 aliphatic heterocycles. The van der Waals surface area contributed by atoms with Crippen LogP contribution in [0.5, 0.6) is 0 Å². The van der Waals surface area contributed by atoms with Crippen LogP contribution in [0, 0.1) is 6.92 Å². The highest BCUT2D eigenvalue weighted by Crippen LogP contribution is 2.32. The van der Waals surface area contributed by atoms with Crippen LogP contribution in [0.4, 0.5) is 10.5 Å². The smallest absolute Gasteiger partial charge is 0.410 e. The second kappa shape index (κ2) is 6.71. The summed E-state index contributed by atoms with van der Waals surface area (Å²) < 4.78 is 5.39. The van der Waals surface area contributed by atoms with E-state index >= 15 is 0 Å². The molecule has 24 heavy (non-hydrogen) atoms. The molecule has 2 rings (SSSR count). The van der Waals surface area contributed by atoms with Gasteiger partial charge in [-0.1, -0.05) is 0 Å². The summed E-state index contributed by atoms with van der Waals surface area (Å²) in [6.07, 6.45) is 1.23. The Balaban J connectivity index is 2.07. The normalized spacial score (nSPS) is 16.1. The van der Waals surface area contributed by atoms with Gasteiger partial charge in [0, 0.05) is 18.8 Å². The molecule has 1 aromatic rings. The molecule has 6 nitrogen and oxygen atoms in total. The molecule has 0 aliphatic carbocycles. The van der Waals surface area contributed by atoms with Gasteiger partial charge in [-0.25, -0.2) is 9.59 Å². The number of anilines is 1. The van der Waals surface area contributed by atoms with Gasteiger partial charge in [-0.2, -0.15) is 0 Å². The second-order valence-corrected chi connectivity index (χ2v) is 7.33. The molecule has 0 spiro atoms. The monoisotopic (exact) mass is 334 g/mol. The number of piperidine rings is 1. The fourth-order valence-electron chi connectivity index (χ4n) is 2.94. The van der Waals surface area contributed by atoms with Gasteiger partial charge in [0.1, 0.15) is 5.60 Å². The molecule has 0 saturated carbocycles. The molecule has 0 aromatic heterocycles. The minimum atomic E-state index is -0.966. The second-order valence-electron chi connectivity index (χ2n) is 7.33. The van der Waals surface area contributed by atoms with Crippen molar-refractivity contribution in [1.82, 2.24) is 4.90 Å². The van der Waals surface area contributed by atoms with E-state index in [1.54, 1.807) is 17.9 Å². The first-order chi connectivity index (χ1) is 11.1. The Hall–Kier alpha value is -2.24.